The number of anilines is 1. The topological polar surface area (TPSA) is 56.5 Å². The maximum absolute atomic E-state index is 12.3. The van der Waals surface area contributed by atoms with E-state index in [1.165, 1.54) is 13.2 Å². The smallest absolute Gasteiger partial charge is 0.387 e. The summed E-state index contributed by atoms with van der Waals surface area (Å²) in [6.45, 7) is -2.87. The van der Waals surface area contributed by atoms with Crippen molar-refractivity contribution < 1.29 is 18.3 Å². The molecule has 1 aromatic carbocycles. The molecule has 106 valence electrons. The summed E-state index contributed by atoms with van der Waals surface area (Å²) in [5.41, 5.74) is 6.57. The predicted octanol–water partition coefficient (Wildman–Crippen LogP) is 2.59. The van der Waals surface area contributed by atoms with E-state index in [4.69, 9.17) is 10.5 Å². The van der Waals surface area contributed by atoms with E-state index >= 15 is 0 Å². The third kappa shape index (κ3) is 3.70. The summed E-state index contributed by atoms with van der Waals surface area (Å²) < 4.78 is 34.0. The van der Waals surface area contributed by atoms with Crippen LogP contribution in [0.25, 0.3) is 0 Å². The summed E-state index contributed by atoms with van der Waals surface area (Å²) in [4.78, 5) is 0. The van der Waals surface area contributed by atoms with Crippen LogP contribution in [0.15, 0.2) is 18.2 Å². The minimum Gasteiger partial charge on any atom is -0.493 e. The lowest BCUT2D eigenvalue weighted by molar-refractivity contribution is -0.0511. The number of alkyl halides is 2. The van der Waals surface area contributed by atoms with Crippen molar-refractivity contribution in [3.63, 3.8) is 0 Å². The molecule has 0 bridgehead atoms. The number of rotatable bonds is 5. The fourth-order valence-corrected chi connectivity index (χ4v) is 2.34. The molecule has 0 radical (unpaired) electrons. The summed E-state index contributed by atoms with van der Waals surface area (Å²) in [7, 11) is 1.41. The van der Waals surface area contributed by atoms with Gasteiger partial charge in [0.2, 0.25) is 0 Å². The van der Waals surface area contributed by atoms with Crippen LogP contribution in [0.4, 0.5) is 14.5 Å². The number of nitrogens with two attached hydrogens (primary N) is 1. The highest BCUT2D eigenvalue weighted by Crippen LogP contribution is 2.32. The molecule has 2 atom stereocenters. The summed E-state index contributed by atoms with van der Waals surface area (Å²) in [5, 5.41) is 3.28. The second kappa shape index (κ2) is 6.06. The first-order valence-corrected chi connectivity index (χ1v) is 6.23. The van der Waals surface area contributed by atoms with Gasteiger partial charge in [0.25, 0.3) is 0 Å². The van der Waals surface area contributed by atoms with Gasteiger partial charge in [-0.1, -0.05) is 0 Å². The highest BCUT2D eigenvalue weighted by molar-refractivity contribution is 5.55. The van der Waals surface area contributed by atoms with Crippen molar-refractivity contribution in [1.82, 2.24) is 0 Å². The number of hydrogen-bond acceptors (Lipinski definition) is 4. The van der Waals surface area contributed by atoms with Gasteiger partial charge in [-0.15, -0.1) is 0 Å². The van der Waals surface area contributed by atoms with E-state index in [1.54, 1.807) is 12.1 Å². The van der Waals surface area contributed by atoms with E-state index in [0.717, 1.165) is 24.9 Å². The molecule has 0 heterocycles. The van der Waals surface area contributed by atoms with Crippen LogP contribution in [0, 0.1) is 0 Å². The Labute approximate surface area is 110 Å². The molecule has 1 aliphatic carbocycles. The van der Waals surface area contributed by atoms with Crippen LogP contribution >= 0.6 is 0 Å². The van der Waals surface area contributed by atoms with Gasteiger partial charge in [-0.3, -0.25) is 0 Å². The molecule has 0 aromatic heterocycles. The molecule has 1 aliphatic rings. The zero-order valence-corrected chi connectivity index (χ0v) is 10.7. The molecule has 1 fully saturated rings. The average molecular weight is 272 g/mol. The number of ether oxygens (including phenoxy) is 2. The second-order valence-corrected chi connectivity index (χ2v) is 4.66. The second-order valence-electron chi connectivity index (χ2n) is 4.66. The van der Waals surface area contributed by atoms with Crippen molar-refractivity contribution >= 4 is 5.69 Å². The van der Waals surface area contributed by atoms with Crippen LogP contribution in [0.5, 0.6) is 11.5 Å². The zero-order chi connectivity index (χ0) is 13.8. The summed E-state index contributed by atoms with van der Waals surface area (Å²) >= 11 is 0. The lowest BCUT2D eigenvalue weighted by Crippen LogP contribution is -2.20. The molecule has 0 amide bonds. The fourth-order valence-electron chi connectivity index (χ4n) is 2.34. The van der Waals surface area contributed by atoms with Crippen LogP contribution in [0.3, 0.4) is 0 Å². The molecule has 0 spiro atoms. The predicted molar refractivity (Wildman–Crippen MR) is 68.9 cm³/mol. The van der Waals surface area contributed by atoms with Crippen LogP contribution in [-0.4, -0.2) is 25.8 Å². The van der Waals surface area contributed by atoms with E-state index in [1.807, 2.05) is 0 Å². The van der Waals surface area contributed by atoms with Gasteiger partial charge in [-0.25, -0.2) is 0 Å². The van der Waals surface area contributed by atoms with Gasteiger partial charge >= 0.3 is 6.61 Å². The monoisotopic (exact) mass is 272 g/mol. The third-order valence-electron chi connectivity index (χ3n) is 3.22. The molecule has 4 nitrogen and oxygen atoms in total. The Morgan fingerprint density at radius 2 is 2.11 bits per heavy atom. The number of methoxy groups -OCH3 is 1. The maximum atomic E-state index is 12.3. The van der Waals surface area contributed by atoms with Gasteiger partial charge in [0.1, 0.15) is 0 Å². The molecule has 3 N–H and O–H groups in total. The first-order valence-electron chi connectivity index (χ1n) is 6.23. The average Bonchev–Trinajstić information content (AvgIpc) is 2.74. The van der Waals surface area contributed by atoms with E-state index in [2.05, 4.69) is 10.1 Å². The molecule has 1 aromatic rings. The first kappa shape index (κ1) is 13.9. The lowest BCUT2D eigenvalue weighted by Gasteiger charge is -2.16. The van der Waals surface area contributed by atoms with Gasteiger partial charge in [0.15, 0.2) is 11.5 Å². The Balaban J connectivity index is 2.08. The quantitative estimate of drug-likeness (QED) is 0.865. The molecule has 0 saturated heterocycles. The Kier molecular flexibility index (Phi) is 4.42. The number of hydrogen-bond donors (Lipinski definition) is 2. The van der Waals surface area contributed by atoms with Gasteiger partial charge in [0.05, 0.1) is 7.11 Å². The van der Waals surface area contributed by atoms with E-state index in [-0.39, 0.29) is 23.6 Å². The first-order chi connectivity index (χ1) is 9.08. The molecule has 6 heteroatoms. The largest absolute Gasteiger partial charge is 0.493 e. The van der Waals surface area contributed by atoms with E-state index < -0.39 is 6.61 Å². The van der Waals surface area contributed by atoms with Crippen molar-refractivity contribution in [2.24, 2.45) is 5.73 Å². The SMILES string of the molecule is COc1ccc(NC2CCC(N)C2)cc1OC(F)F. The highest BCUT2D eigenvalue weighted by Gasteiger charge is 2.22. The van der Waals surface area contributed by atoms with Crippen molar-refractivity contribution in [3.8, 4) is 11.5 Å². The third-order valence-corrected chi connectivity index (χ3v) is 3.22. The maximum Gasteiger partial charge on any atom is 0.387 e. The normalized spacial score (nSPS) is 22.6. The number of benzene rings is 1. The van der Waals surface area contributed by atoms with Crippen molar-refractivity contribution in [1.29, 1.82) is 0 Å². The standard InChI is InChI=1S/C13H18F2N2O2/c1-18-11-5-4-10(7-12(11)19-13(14)15)17-9-3-2-8(16)6-9/h4-5,7-9,13,17H,2-3,6,16H2,1H3. The van der Waals surface area contributed by atoms with Gasteiger partial charge < -0.3 is 20.5 Å². The van der Waals surface area contributed by atoms with Gasteiger partial charge in [-0.2, -0.15) is 8.78 Å². The molecule has 0 aliphatic heterocycles. The minimum absolute atomic E-state index is 0.0322. The molecule has 2 rings (SSSR count). The summed E-state index contributed by atoms with van der Waals surface area (Å²) in [6.07, 6.45) is 2.85. The number of nitrogens with one attached hydrogen (secondary N) is 1. The molecular weight excluding hydrogens is 254 g/mol. The van der Waals surface area contributed by atoms with Crippen molar-refractivity contribution in [3.05, 3.63) is 18.2 Å². The molecule has 2 unspecified atom stereocenters. The van der Waals surface area contributed by atoms with Crippen molar-refractivity contribution in [2.45, 2.75) is 38.0 Å². The van der Waals surface area contributed by atoms with E-state index in [0.29, 0.717) is 0 Å². The minimum atomic E-state index is -2.87. The van der Waals surface area contributed by atoms with Gasteiger partial charge in [-0.05, 0) is 31.4 Å². The zero-order valence-electron chi connectivity index (χ0n) is 10.7. The van der Waals surface area contributed by atoms with E-state index in [9.17, 15) is 8.78 Å². The van der Waals surface area contributed by atoms with Crippen molar-refractivity contribution in [2.75, 3.05) is 12.4 Å². The molecular formula is C13H18F2N2O2. The highest BCUT2D eigenvalue weighted by atomic mass is 19.3. The Morgan fingerprint density at radius 3 is 2.68 bits per heavy atom. The number of halogens is 2. The van der Waals surface area contributed by atoms with Crippen LogP contribution in [0.1, 0.15) is 19.3 Å². The van der Waals surface area contributed by atoms with Gasteiger partial charge in [0, 0.05) is 23.8 Å². The molecule has 1 saturated carbocycles. The Bertz CT molecular complexity index is 429. The Hall–Kier alpha value is -1.56. The molecule has 19 heavy (non-hydrogen) atoms. The summed E-state index contributed by atoms with van der Waals surface area (Å²) in [6, 6.07) is 5.40. The lowest BCUT2D eigenvalue weighted by atomic mass is 10.2. The van der Waals surface area contributed by atoms with Crippen LogP contribution in [0.2, 0.25) is 0 Å². The van der Waals surface area contributed by atoms with Crippen LogP contribution in [-0.2, 0) is 0 Å². The summed E-state index contributed by atoms with van der Waals surface area (Å²) in [5.74, 6) is 0.318. The van der Waals surface area contributed by atoms with Crippen LogP contribution < -0.4 is 20.5 Å². The fraction of sp³-hybridized carbons (Fsp3) is 0.538. The Morgan fingerprint density at radius 1 is 1.32 bits per heavy atom.